The van der Waals surface area contributed by atoms with Gasteiger partial charge in [-0.3, -0.25) is 0 Å². The highest BCUT2D eigenvalue weighted by atomic mass is 35.5. The number of hydrogen-bond donors (Lipinski definition) is 2. The molecule has 7 heteroatoms. The van der Waals surface area contributed by atoms with Gasteiger partial charge in [-0.25, -0.2) is 9.97 Å². The van der Waals surface area contributed by atoms with E-state index >= 15 is 0 Å². The van der Waals surface area contributed by atoms with Gasteiger partial charge in [-0.15, -0.1) is 0 Å². The number of nitrogens with one attached hydrogen (secondary N) is 1. The molecule has 0 bridgehead atoms. The highest BCUT2D eigenvalue weighted by molar-refractivity contribution is 6.34. The maximum absolute atomic E-state index is 6.09. The molecule has 0 unspecified atom stereocenters. The van der Waals surface area contributed by atoms with Crippen LogP contribution in [0.4, 0.5) is 5.95 Å². The Balaban J connectivity index is 2.28. The highest BCUT2D eigenvalue weighted by Gasteiger charge is 2.13. The van der Waals surface area contributed by atoms with Crippen LogP contribution in [0.3, 0.4) is 0 Å². The summed E-state index contributed by atoms with van der Waals surface area (Å²) in [5.41, 5.74) is 7.20. The zero-order valence-corrected chi connectivity index (χ0v) is 10.5. The van der Waals surface area contributed by atoms with E-state index in [1.54, 1.807) is 6.07 Å². The lowest BCUT2D eigenvalue weighted by Crippen LogP contribution is -1.92. The summed E-state index contributed by atoms with van der Waals surface area (Å²) in [6, 6.07) is 7.26. The van der Waals surface area contributed by atoms with Crippen molar-refractivity contribution in [2.75, 3.05) is 5.73 Å². The van der Waals surface area contributed by atoms with Crippen molar-refractivity contribution in [3.8, 4) is 11.4 Å². The maximum atomic E-state index is 6.09. The number of imidazole rings is 1. The van der Waals surface area contributed by atoms with Crippen molar-refractivity contribution in [2.45, 2.75) is 0 Å². The third-order valence-electron chi connectivity index (χ3n) is 2.44. The monoisotopic (exact) mass is 279 g/mol. The highest BCUT2D eigenvalue weighted by Crippen LogP contribution is 2.28. The van der Waals surface area contributed by atoms with Crippen LogP contribution in [0.15, 0.2) is 24.3 Å². The van der Waals surface area contributed by atoms with E-state index in [1.807, 2.05) is 18.2 Å². The maximum Gasteiger partial charge on any atom is 0.200 e. The standard InChI is InChI=1S/C11H7Cl2N5/c12-6-4-2-1-3-5(6)9-16-8(13)7-10(17-9)18-11(14)15-7/h1-4H,(H3,14,15,16,17,18). The van der Waals surface area contributed by atoms with Crippen LogP contribution >= 0.6 is 23.2 Å². The summed E-state index contributed by atoms with van der Waals surface area (Å²) in [5, 5.41) is 0.815. The number of nitrogens with two attached hydrogens (primary N) is 1. The van der Waals surface area contributed by atoms with Gasteiger partial charge < -0.3 is 10.7 Å². The minimum Gasteiger partial charge on any atom is -0.369 e. The fraction of sp³-hybridized carbons (Fsp3) is 0. The molecule has 0 aliphatic carbocycles. The fourth-order valence-electron chi connectivity index (χ4n) is 1.64. The van der Waals surface area contributed by atoms with Crippen LogP contribution in [0.2, 0.25) is 10.2 Å². The number of nitrogen functional groups attached to an aromatic ring is 1. The molecule has 0 aliphatic heterocycles. The van der Waals surface area contributed by atoms with E-state index in [2.05, 4.69) is 19.9 Å². The Hall–Kier alpha value is -1.85. The van der Waals surface area contributed by atoms with Gasteiger partial charge in [0.05, 0.1) is 5.02 Å². The first-order chi connectivity index (χ1) is 8.65. The number of anilines is 1. The average molecular weight is 280 g/mol. The zero-order chi connectivity index (χ0) is 12.7. The molecule has 0 saturated carbocycles. The first-order valence-electron chi connectivity index (χ1n) is 5.09. The molecule has 0 aliphatic rings. The van der Waals surface area contributed by atoms with Crippen molar-refractivity contribution in [3.05, 3.63) is 34.4 Å². The van der Waals surface area contributed by atoms with E-state index < -0.39 is 0 Å². The Morgan fingerprint density at radius 1 is 1.06 bits per heavy atom. The molecule has 0 radical (unpaired) electrons. The van der Waals surface area contributed by atoms with E-state index in [4.69, 9.17) is 28.9 Å². The molecule has 0 fully saturated rings. The van der Waals surface area contributed by atoms with Gasteiger partial charge in [-0.1, -0.05) is 35.3 Å². The number of halogens is 2. The molecule has 90 valence electrons. The van der Waals surface area contributed by atoms with E-state index in [0.29, 0.717) is 27.6 Å². The van der Waals surface area contributed by atoms with Crippen LogP contribution in [-0.2, 0) is 0 Å². The smallest absolute Gasteiger partial charge is 0.200 e. The van der Waals surface area contributed by atoms with E-state index in [9.17, 15) is 0 Å². The number of fused-ring (bicyclic) bond motifs is 1. The number of aromatic amines is 1. The summed E-state index contributed by atoms with van der Waals surface area (Å²) in [6.07, 6.45) is 0. The molecule has 5 nitrogen and oxygen atoms in total. The van der Waals surface area contributed by atoms with Crippen molar-refractivity contribution >= 4 is 40.3 Å². The second kappa shape index (κ2) is 4.12. The number of H-pyrrole nitrogens is 1. The molecule has 0 atom stereocenters. The third kappa shape index (κ3) is 1.77. The largest absolute Gasteiger partial charge is 0.369 e. The van der Waals surface area contributed by atoms with Gasteiger partial charge in [-0.2, -0.15) is 4.98 Å². The van der Waals surface area contributed by atoms with Crippen LogP contribution in [0.25, 0.3) is 22.6 Å². The van der Waals surface area contributed by atoms with Gasteiger partial charge in [-0.05, 0) is 12.1 Å². The topological polar surface area (TPSA) is 80.5 Å². The Bertz CT molecular complexity index is 737. The molecule has 0 saturated heterocycles. The molecule has 3 N–H and O–H groups in total. The van der Waals surface area contributed by atoms with Crippen molar-refractivity contribution < 1.29 is 0 Å². The zero-order valence-electron chi connectivity index (χ0n) is 8.98. The summed E-state index contributed by atoms with van der Waals surface area (Å²) >= 11 is 12.1. The molecule has 18 heavy (non-hydrogen) atoms. The molecule has 3 aromatic rings. The SMILES string of the molecule is Nc1nc2nc(-c3ccccc3Cl)nc(Cl)c2[nH]1. The lowest BCUT2D eigenvalue weighted by Gasteiger charge is -2.02. The quantitative estimate of drug-likeness (QED) is 0.671. The van der Waals surface area contributed by atoms with Crippen LogP contribution < -0.4 is 5.73 Å². The van der Waals surface area contributed by atoms with E-state index in [1.165, 1.54) is 0 Å². The van der Waals surface area contributed by atoms with Gasteiger partial charge >= 0.3 is 0 Å². The van der Waals surface area contributed by atoms with Gasteiger partial charge in [0.2, 0.25) is 0 Å². The first kappa shape index (κ1) is 11.3. The van der Waals surface area contributed by atoms with Gasteiger partial charge in [0.25, 0.3) is 0 Å². The fourth-order valence-corrected chi connectivity index (χ4v) is 2.08. The minimum atomic E-state index is 0.248. The Morgan fingerprint density at radius 3 is 2.61 bits per heavy atom. The predicted octanol–water partition coefficient (Wildman–Crippen LogP) is 2.91. The molecule has 2 aromatic heterocycles. The lowest BCUT2D eigenvalue weighted by atomic mass is 10.2. The Kier molecular flexibility index (Phi) is 2.57. The third-order valence-corrected chi connectivity index (χ3v) is 3.04. The van der Waals surface area contributed by atoms with Crippen molar-refractivity contribution in [3.63, 3.8) is 0 Å². The Labute approximate surface area is 112 Å². The second-order valence-electron chi connectivity index (χ2n) is 3.64. The molecule has 0 spiro atoms. The summed E-state index contributed by atoms with van der Waals surface area (Å²) in [6.45, 7) is 0. The normalized spacial score (nSPS) is 11.0. The second-order valence-corrected chi connectivity index (χ2v) is 4.40. The number of nitrogens with zero attached hydrogens (tertiary/aromatic N) is 3. The molecule has 1 aromatic carbocycles. The summed E-state index contributed by atoms with van der Waals surface area (Å²) in [7, 11) is 0. The van der Waals surface area contributed by atoms with Crippen molar-refractivity contribution in [1.82, 2.24) is 19.9 Å². The number of benzene rings is 1. The molecule has 2 heterocycles. The van der Waals surface area contributed by atoms with E-state index in [0.717, 1.165) is 0 Å². The van der Waals surface area contributed by atoms with Crippen LogP contribution in [0.1, 0.15) is 0 Å². The first-order valence-corrected chi connectivity index (χ1v) is 5.84. The molecule has 0 amide bonds. The molecular formula is C11H7Cl2N5. The van der Waals surface area contributed by atoms with Crippen LogP contribution in [0.5, 0.6) is 0 Å². The van der Waals surface area contributed by atoms with Gasteiger partial charge in [0, 0.05) is 5.56 Å². The van der Waals surface area contributed by atoms with Crippen LogP contribution in [-0.4, -0.2) is 19.9 Å². The van der Waals surface area contributed by atoms with Crippen LogP contribution in [0, 0.1) is 0 Å². The summed E-state index contributed by atoms with van der Waals surface area (Å²) in [5.74, 6) is 0.669. The number of aromatic nitrogens is 4. The van der Waals surface area contributed by atoms with Gasteiger partial charge in [0.15, 0.2) is 22.6 Å². The predicted molar refractivity (Wildman–Crippen MR) is 71.6 cm³/mol. The van der Waals surface area contributed by atoms with Crippen molar-refractivity contribution in [1.29, 1.82) is 0 Å². The summed E-state index contributed by atoms with van der Waals surface area (Å²) < 4.78 is 0. The number of hydrogen-bond acceptors (Lipinski definition) is 4. The lowest BCUT2D eigenvalue weighted by molar-refractivity contribution is 1.21. The summed E-state index contributed by atoms with van der Waals surface area (Å²) in [4.78, 5) is 15.3. The molecule has 3 rings (SSSR count). The number of rotatable bonds is 1. The average Bonchev–Trinajstić information content (AvgIpc) is 2.71. The van der Waals surface area contributed by atoms with E-state index in [-0.39, 0.29) is 11.1 Å². The Morgan fingerprint density at radius 2 is 1.83 bits per heavy atom. The minimum absolute atomic E-state index is 0.248. The van der Waals surface area contributed by atoms with Gasteiger partial charge in [0.1, 0.15) is 5.52 Å². The van der Waals surface area contributed by atoms with Crippen molar-refractivity contribution in [2.24, 2.45) is 0 Å². The molecular weight excluding hydrogens is 273 g/mol.